The van der Waals surface area contributed by atoms with Crippen molar-refractivity contribution in [2.75, 3.05) is 18.5 Å². The molecule has 2 N–H and O–H groups in total. The Labute approximate surface area is 163 Å². The van der Waals surface area contributed by atoms with Gasteiger partial charge in [0.1, 0.15) is 12.4 Å². The molecule has 6 nitrogen and oxygen atoms in total. The number of benzodiazepines with no additional fused rings is 1. The molecule has 3 rings (SSSR count). The summed E-state index contributed by atoms with van der Waals surface area (Å²) in [6.07, 6.45) is -6.16. The molecular formula is C19H16F4N4O2. The lowest BCUT2D eigenvalue weighted by Gasteiger charge is -2.21. The molecule has 0 bridgehead atoms. The SMILES string of the molecule is CN1C(=O)C(NC(=O)NCC(F)(F)F)N=C(c2ccccc2F)c2ccccc21. The Balaban J connectivity index is 2.02. The van der Waals surface area contributed by atoms with Gasteiger partial charge in [-0.25, -0.2) is 14.2 Å². The molecule has 2 aromatic carbocycles. The molecule has 1 aliphatic heterocycles. The number of halogens is 4. The number of amides is 3. The number of nitrogens with one attached hydrogen (secondary N) is 2. The average molecular weight is 408 g/mol. The first-order chi connectivity index (χ1) is 13.7. The van der Waals surface area contributed by atoms with Crippen LogP contribution < -0.4 is 15.5 Å². The lowest BCUT2D eigenvalue weighted by atomic mass is 10.00. The van der Waals surface area contributed by atoms with Crippen LogP contribution in [0.15, 0.2) is 53.5 Å². The highest BCUT2D eigenvalue weighted by Crippen LogP contribution is 2.28. The van der Waals surface area contributed by atoms with Gasteiger partial charge in [-0.15, -0.1) is 0 Å². The quantitative estimate of drug-likeness (QED) is 0.767. The van der Waals surface area contributed by atoms with Gasteiger partial charge in [0, 0.05) is 18.2 Å². The first-order valence-electron chi connectivity index (χ1n) is 8.48. The maximum Gasteiger partial charge on any atom is 0.405 e. The second-order valence-electron chi connectivity index (χ2n) is 6.22. The number of nitrogens with zero attached hydrogens (tertiary/aromatic N) is 2. The Kier molecular flexibility index (Phi) is 5.53. The zero-order chi connectivity index (χ0) is 21.2. The highest BCUT2D eigenvalue weighted by atomic mass is 19.4. The molecule has 152 valence electrons. The van der Waals surface area contributed by atoms with Crippen LogP contribution in [0.4, 0.5) is 28.0 Å². The van der Waals surface area contributed by atoms with Gasteiger partial charge in [0.15, 0.2) is 0 Å². The summed E-state index contributed by atoms with van der Waals surface area (Å²) in [5.74, 6) is -1.29. The van der Waals surface area contributed by atoms with Gasteiger partial charge in [0.05, 0.1) is 11.4 Å². The third-order valence-electron chi connectivity index (χ3n) is 4.19. The Hall–Kier alpha value is -3.43. The van der Waals surface area contributed by atoms with E-state index in [1.54, 1.807) is 35.6 Å². The predicted molar refractivity (Wildman–Crippen MR) is 98.3 cm³/mol. The smallest absolute Gasteiger partial charge is 0.329 e. The van der Waals surface area contributed by atoms with Crippen LogP contribution in [0.5, 0.6) is 0 Å². The molecule has 1 unspecified atom stereocenters. The topological polar surface area (TPSA) is 73.8 Å². The van der Waals surface area contributed by atoms with Crippen LogP contribution in [0.25, 0.3) is 0 Å². The summed E-state index contributed by atoms with van der Waals surface area (Å²) in [7, 11) is 1.43. The first kappa shape index (κ1) is 20.3. The van der Waals surface area contributed by atoms with Crippen molar-refractivity contribution in [3.63, 3.8) is 0 Å². The summed E-state index contributed by atoms with van der Waals surface area (Å²) in [6.45, 7) is -1.57. The Bertz CT molecular complexity index is 975. The number of hydrogen-bond donors (Lipinski definition) is 2. The predicted octanol–water partition coefficient (Wildman–Crippen LogP) is 2.83. The van der Waals surface area contributed by atoms with Crippen molar-refractivity contribution in [3.05, 3.63) is 65.5 Å². The lowest BCUT2D eigenvalue weighted by molar-refractivity contribution is -0.122. The molecule has 0 radical (unpaired) electrons. The molecule has 29 heavy (non-hydrogen) atoms. The van der Waals surface area contributed by atoms with Crippen LogP contribution >= 0.6 is 0 Å². The number of carbonyl (C=O) groups is 2. The molecule has 10 heteroatoms. The highest BCUT2D eigenvalue weighted by molar-refractivity contribution is 6.20. The second-order valence-corrected chi connectivity index (χ2v) is 6.22. The van der Waals surface area contributed by atoms with E-state index in [0.717, 1.165) is 0 Å². The van der Waals surface area contributed by atoms with E-state index in [-0.39, 0.29) is 11.3 Å². The molecule has 3 amide bonds. The Morgan fingerprint density at radius 3 is 2.38 bits per heavy atom. The number of para-hydroxylation sites is 1. The van der Waals surface area contributed by atoms with E-state index < -0.39 is 36.6 Å². The summed E-state index contributed by atoms with van der Waals surface area (Å²) < 4.78 is 51.4. The number of rotatable bonds is 3. The van der Waals surface area contributed by atoms with Gasteiger partial charge in [0.2, 0.25) is 6.17 Å². The number of aliphatic imine (C=N–C) groups is 1. The fraction of sp³-hybridized carbons (Fsp3) is 0.211. The number of alkyl halides is 3. The number of urea groups is 1. The maximum absolute atomic E-state index is 14.4. The van der Waals surface area contributed by atoms with E-state index in [0.29, 0.717) is 11.3 Å². The van der Waals surface area contributed by atoms with Crippen molar-refractivity contribution in [2.24, 2.45) is 4.99 Å². The number of hydrogen-bond acceptors (Lipinski definition) is 3. The van der Waals surface area contributed by atoms with Crippen molar-refractivity contribution in [3.8, 4) is 0 Å². The van der Waals surface area contributed by atoms with Crippen LogP contribution in [0.1, 0.15) is 11.1 Å². The zero-order valence-electron chi connectivity index (χ0n) is 15.1. The molecule has 0 spiro atoms. The fourth-order valence-corrected chi connectivity index (χ4v) is 2.84. The van der Waals surface area contributed by atoms with Gasteiger partial charge in [-0.05, 0) is 18.2 Å². The van der Waals surface area contributed by atoms with Crippen molar-refractivity contribution in [1.29, 1.82) is 0 Å². The molecular weight excluding hydrogens is 392 g/mol. The van der Waals surface area contributed by atoms with Gasteiger partial charge in [-0.2, -0.15) is 13.2 Å². The molecule has 1 heterocycles. The second kappa shape index (κ2) is 7.90. The molecule has 0 aromatic heterocycles. The van der Waals surface area contributed by atoms with Crippen molar-refractivity contribution in [2.45, 2.75) is 12.3 Å². The van der Waals surface area contributed by atoms with E-state index >= 15 is 0 Å². The van der Waals surface area contributed by atoms with Gasteiger partial charge < -0.3 is 15.5 Å². The summed E-state index contributed by atoms with van der Waals surface area (Å²) in [5, 5.41) is 3.74. The largest absolute Gasteiger partial charge is 0.405 e. The summed E-state index contributed by atoms with van der Waals surface area (Å²) >= 11 is 0. The minimum Gasteiger partial charge on any atom is -0.329 e. The van der Waals surface area contributed by atoms with E-state index in [4.69, 9.17) is 0 Å². The third kappa shape index (κ3) is 4.53. The molecule has 0 fully saturated rings. The molecule has 2 aromatic rings. The van der Waals surface area contributed by atoms with Crippen molar-refractivity contribution < 1.29 is 27.2 Å². The van der Waals surface area contributed by atoms with Gasteiger partial charge in [0.25, 0.3) is 5.91 Å². The van der Waals surface area contributed by atoms with Gasteiger partial charge in [-0.1, -0.05) is 30.3 Å². The first-order valence-corrected chi connectivity index (χ1v) is 8.48. The van der Waals surface area contributed by atoms with E-state index in [1.807, 2.05) is 0 Å². The van der Waals surface area contributed by atoms with Gasteiger partial charge in [-0.3, -0.25) is 4.79 Å². The highest BCUT2D eigenvalue weighted by Gasteiger charge is 2.33. The standard InChI is InChI=1S/C19H16F4N4O2/c1-27-14-9-5-3-7-12(14)15(11-6-2-4-8-13(11)20)25-16(17(27)28)26-18(29)24-10-19(21,22)23/h2-9,16H,10H2,1H3,(H2,24,26,29). The maximum atomic E-state index is 14.4. The van der Waals surface area contributed by atoms with Crippen LogP contribution in [-0.2, 0) is 4.79 Å². The van der Waals surface area contributed by atoms with E-state index in [2.05, 4.69) is 10.3 Å². The summed E-state index contributed by atoms with van der Waals surface area (Å²) in [6, 6.07) is 11.1. The minimum atomic E-state index is -4.61. The summed E-state index contributed by atoms with van der Waals surface area (Å²) in [4.78, 5) is 30.0. The van der Waals surface area contributed by atoms with E-state index in [1.165, 1.54) is 30.1 Å². The zero-order valence-corrected chi connectivity index (χ0v) is 15.1. The number of benzene rings is 2. The lowest BCUT2D eigenvalue weighted by Crippen LogP contribution is -2.50. The number of fused-ring (bicyclic) bond motifs is 1. The van der Waals surface area contributed by atoms with Crippen LogP contribution in [0, 0.1) is 5.82 Å². The molecule has 0 saturated carbocycles. The Morgan fingerprint density at radius 2 is 1.72 bits per heavy atom. The molecule has 0 saturated heterocycles. The normalized spacial score (nSPS) is 16.6. The fourth-order valence-electron chi connectivity index (χ4n) is 2.84. The number of anilines is 1. The van der Waals surface area contributed by atoms with E-state index in [9.17, 15) is 27.2 Å². The number of likely N-dealkylation sites (N-methyl/N-ethyl adjacent to an activating group) is 1. The van der Waals surface area contributed by atoms with Crippen molar-refractivity contribution >= 4 is 23.3 Å². The average Bonchev–Trinajstić information content (AvgIpc) is 2.77. The Morgan fingerprint density at radius 1 is 1.10 bits per heavy atom. The monoisotopic (exact) mass is 408 g/mol. The van der Waals surface area contributed by atoms with Crippen LogP contribution in [0.3, 0.4) is 0 Å². The molecule has 0 aliphatic carbocycles. The van der Waals surface area contributed by atoms with Crippen LogP contribution in [0.2, 0.25) is 0 Å². The molecule has 1 aliphatic rings. The van der Waals surface area contributed by atoms with Crippen molar-refractivity contribution in [1.82, 2.24) is 10.6 Å². The van der Waals surface area contributed by atoms with Crippen LogP contribution in [-0.4, -0.2) is 43.6 Å². The third-order valence-corrected chi connectivity index (χ3v) is 4.19. The minimum absolute atomic E-state index is 0.0885. The summed E-state index contributed by atoms with van der Waals surface area (Å²) in [5.41, 5.74) is 1.04. The number of carbonyl (C=O) groups excluding carboxylic acids is 2. The molecule has 1 atom stereocenters. The van der Waals surface area contributed by atoms with Gasteiger partial charge >= 0.3 is 12.2 Å².